The second kappa shape index (κ2) is 5.21. The summed E-state index contributed by atoms with van der Waals surface area (Å²) in [6, 6.07) is 12.5. The summed E-state index contributed by atoms with van der Waals surface area (Å²) in [5, 5.41) is 0.479. The molecule has 0 bridgehead atoms. The third-order valence-electron chi connectivity index (χ3n) is 2.46. The van der Waals surface area contributed by atoms with E-state index in [4.69, 9.17) is 11.6 Å². The fourth-order valence-corrected chi connectivity index (χ4v) is 2.53. The van der Waals surface area contributed by atoms with Gasteiger partial charge in [-0.05, 0) is 48.9 Å². The molecule has 2 aromatic rings. The van der Waals surface area contributed by atoms with Gasteiger partial charge in [-0.3, -0.25) is 4.55 Å². The van der Waals surface area contributed by atoms with E-state index in [0.717, 1.165) is 9.87 Å². The molecular weight excluding hydrogens is 286 g/mol. The maximum Gasteiger partial charge on any atom is 0.364 e. The molecule has 0 saturated carbocycles. The quantitative estimate of drug-likeness (QED) is 0.882. The molecule has 1 radical (unpaired) electrons. The van der Waals surface area contributed by atoms with Gasteiger partial charge in [0.15, 0.2) is 0 Å². The van der Waals surface area contributed by atoms with Crippen molar-refractivity contribution in [3.8, 4) is 0 Å². The van der Waals surface area contributed by atoms with Gasteiger partial charge < -0.3 is 0 Å². The second-order valence-electron chi connectivity index (χ2n) is 3.89. The Morgan fingerprint density at radius 1 is 0.947 bits per heavy atom. The van der Waals surface area contributed by atoms with Gasteiger partial charge in [-0.25, -0.2) is 4.31 Å². The highest BCUT2D eigenvalue weighted by molar-refractivity contribution is 7.87. The Hall–Kier alpha value is -1.56. The van der Waals surface area contributed by atoms with E-state index >= 15 is 0 Å². The summed E-state index contributed by atoms with van der Waals surface area (Å²) >= 11 is 5.76. The van der Waals surface area contributed by atoms with Crippen molar-refractivity contribution in [1.29, 1.82) is 0 Å². The van der Waals surface area contributed by atoms with Crippen LogP contribution in [0.15, 0.2) is 48.5 Å². The van der Waals surface area contributed by atoms with Crippen LogP contribution < -0.4 is 4.31 Å². The smallest absolute Gasteiger partial charge is 0.269 e. The summed E-state index contributed by atoms with van der Waals surface area (Å²) in [4.78, 5) is 0. The lowest BCUT2D eigenvalue weighted by atomic mass is 10.2. The van der Waals surface area contributed by atoms with Crippen molar-refractivity contribution >= 4 is 33.3 Å². The van der Waals surface area contributed by atoms with Crippen LogP contribution in [0, 0.1) is 6.92 Å². The minimum absolute atomic E-state index is 0.295. The number of benzene rings is 2. The Labute approximate surface area is 117 Å². The zero-order valence-corrected chi connectivity index (χ0v) is 11.4. The number of halogens is 1. The van der Waals surface area contributed by atoms with Gasteiger partial charge in [-0.2, -0.15) is 8.42 Å². The van der Waals surface area contributed by atoms with Crippen molar-refractivity contribution in [2.75, 3.05) is 4.31 Å². The zero-order valence-electron chi connectivity index (χ0n) is 9.82. The van der Waals surface area contributed by atoms with Crippen LogP contribution in [0.25, 0.3) is 0 Å². The normalized spacial score (nSPS) is 11.3. The van der Waals surface area contributed by atoms with Crippen molar-refractivity contribution in [1.82, 2.24) is 0 Å². The summed E-state index contributed by atoms with van der Waals surface area (Å²) < 4.78 is 33.3. The van der Waals surface area contributed by atoms with Crippen LogP contribution in [-0.4, -0.2) is 13.0 Å². The lowest BCUT2D eigenvalue weighted by Crippen LogP contribution is -2.25. The molecule has 0 aliphatic carbocycles. The molecule has 99 valence electrons. The van der Waals surface area contributed by atoms with Crippen LogP contribution in [0.3, 0.4) is 0 Å². The van der Waals surface area contributed by atoms with Gasteiger partial charge in [0.25, 0.3) is 0 Å². The van der Waals surface area contributed by atoms with Crippen molar-refractivity contribution in [2.24, 2.45) is 0 Å². The summed E-state index contributed by atoms with van der Waals surface area (Å²) in [6.45, 7) is 3.72. The average molecular weight is 297 g/mol. The Bertz CT molecular complexity index is 621. The van der Waals surface area contributed by atoms with Crippen molar-refractivity contribution in [3.05, 3.63) is 66.0 Å². The molecule has 19 heavy (non-hydrogen) atoms. The number of hydrogen-bond acceptors (Lipinski definition) is 2. The molecule has 4 nitrogen and oxygen atoms in total. The van der Waals surface area contributed by atoms with E-state index in [9.17, 15) is 13.0 Å². The predicted octanol–water partition coefficient (Wildman–Crippen LogP) is 3.46. The van der Waals surface area contributed by atoms with Crippen LogP contribution in [0.5, 0.6) is 0 Å². The second-order valence-corrected chi connectivity index (χ2v) is 5.58. The van der Waals surface area contributed by atoms with E-state index in [1.165, 1.54) is 12.1 Å². The van der Waals surface area contributed by atoms with Crippen LogP contribution >= 0.6 is 11.6 Å². The molecule has 0 atom stereocenters. The molecule has 2 rings (SSSR count). The third-order valence-corrected chi connectivity index (χ3v) is 3.60. The Kier molecular flexibility index (Phi) is 3.80. The molecule has 0 unspecified atom stereocenters. The maximum absolute atomic E-state index is 11.5. The molecule has 0 amide bonds. The fraction of sp³-hybridized carbons (Fsp3) is 0. The van der Waals surface area contributed by atoms with Crippen molar-refractivity contribution in [3.63, 3.8) is 0 Å². The van der Waals surface area contributed by atoms with Gasteiger partial charge >= 0.3 is 10.3 Å². The first-order chi connectivity index (χ1) is 8.88. The van der Waals surface area contributed by atoms with Gasteiger partial charge in [-0.1, -0.05) is 23.7 Å². The Balaban J connectivity index is 2.54. The van der Waals surface area contributed by atoms with E-state index < -0.39 is 10.3 Å². The summed E-state index contributed by atoms with van der Waals surface area (Å²) in [5.41, 5.74) is 1.36. The van der Waals surface area contributed by atoms with Gasteiger partial charge in [0.2, 0.25) is 0 Å². The van der Waals surface area contributed by atoms with Gasteiger partial charge in [0.1, 0.15) is 0 Å². The molecule has 0 aliphatic rings. The fourth-order valence-electron chi connectivity index (χ4n) is 1.62. The Morgan fingerprint density at radius 2 is 1.37 bits per heavy atom. The third kappa shape index (κ3) is 3.26. The van der Waals surface area contributed by atoms with E-state index in [1.807, 2.05) is 0 Å². The van der Waals surface area contributed by atoms with E-state index in [-0.39, 0.29) is 0 Å². The summed E-state index contributed by atoms with van der Waals surface area (Å²) in [6.07, 6.45) is 0. The van der Waals surface area contributed by atoms with Crippen LogP contribution in [0.1, 0.15) is 5.56 Å². The highest BCUT2D eigenvalue weighted by Gasteiger charge is 2.21. The highest BCUT2D eigenvalue weighted by atomic mass is 35.5. The summed E-state index contributed by atoms with van der Waals surface area (Å²) in [7, 11) is -4.43. The average Bonchev–Trinajstić information content (AvgIpc) is 2.33. The zero-order chi connectivity index (χ0) is 14.0. The largest absolute Gasteiger partial charge is 0.364 e. The summed E-state index contributed by atoms with van der Waals surface area (Å²) in [5.74, 6) is 0. The number of rotatable bonds is 3. The minimum Gasteiger partial charge on any atom is -0.269 e. The predicted molar refractivity (Wildman–Crippen MR) is 76.0 cm³/mol. The van der Waals surface area contributed by atoms with Crippen LogP contribution in [-0.2, 0) is 10.3 Å². The van der Waals surface area contributed by atoms with Crippen LogP contribution in [0.4, 0.5) is 11.4 Å². The van der Waals surface area contributed by atoms with Gasteiger partial charge in [0.05, 0.1) is 11.4 Å². The molecule has 0 heterocycles. The Morgan fingerprint density at radius 3 is 1.79 bits per heavy atom. The topological polar surface area (TPSA) is 57.6 Å². The highest BCUT2D eigenvalue weighted by Crippen LogP contribution is 2.29. The van der Waals surface area contributed by atoms with E-state index in [0.29, 0.717) is 16.4 Å². The molecule has 0 spiro atoms. The molecule has 0 saturated heterocycles. The maximum atomic E-state index is 11.5. The van der Waals surface area contributed by atoms with Crippen molar-refractivity contribution in [2.45, 2.75) is 0 Å². The minimum atomic E-state index is -4.43. The molecule has 2 aromatic carbocycles. The standard InChI is InChI=1S/C13H11ClNO3S/c1-10-2-6-12(7-3-10)15(19(16,17)18)13-8-4-11(14)5-9-13/h2-9H,1H2,(H,16,17,18). The monoisotopic (exact) mass is 296 g/mol. The lowest BCUT2D eigenvalue weighted by Gasteiger charge is -2.21. The van der Waals surface area contributed by atoms with Crippen molar-refractivity contribution < 1.29 is 13.0 Å². The molecule has 0 aliphatic heterocycles. The first-order valence-corrected chi connectivity index (χ1v) is 7.11. The van der Waals surface area contributed by atoms with E-state index in [1.54, 1.807) is 36.4 Å². The van der Waals surface area contributed by atoms with Crippen LogP contribution in [0.2, 0.25) is 5.02 Å². The number of anilines is 2. The number of hydrogen-bond donors (Lipinski definition) is 1. The SMILES string of the molecule is [CH2]c1ccc(N(c2ccc(Cl)cc2)S(=O)(=O)O)cc1. The molecule has 0 fully saturated rings. The molecular formula is C13H11ClNO3S. The number of nitrogens with zero attached hydrogens (tertiary/aromatic N) is 1. The first-order valence-electron chi connectivity index (χ1n) is 5.33. The molecule has 6 heteroatoms. The molecule has 0 aromatic heterocycles. The van der Waals surface area contributed by atoms with Gasteiger partial charge in [0, 0.05) is 5.02 Å². The molecule has 1 N–H and O–H groups in total. The first kappa shape index (κ1) is 13.9. The van der Waals surface area contributed by atoms with E-state index in [2.05, 4.69) is 6.92 Å². The lowest BCUT2D eigenvalue weighted by molar-refractivity contribution is 0.483. The van der Waals surface area contributed by atoms with Gasteiger partial charge in [-0.15, -0.1) is 0 Å².